The van der Waals surface area contributed by atoms with Crippen LogP contribution in [0.1, 0.15) is 17.2 Å². The van der Waals surface area contributed by atoms with Gasteiger partial charge in [0.25, 0.3) is 0 Å². The molecule has 0 aliphatic carbocycles. The van der Waals surface area contributed by atoms with Crippen molar-refractivity contribution in [3.8, 4) is 5.75 Å². The fraction of sp³-hybridized carbons (Fsp3) is 0.375. The number of halogens is 1. The van der Waals surface area contributed by atoms with Crippen molar-refractivity contribution in [3.63, 3.8) is 0 Å². The Kier molecular flexibility index (Phi) is 7.57. The second-order valence-electron chi connectivity index (χ2n) is 5.12. The van der Waals surface area contributed by atoms with E-state index in [4.69, 9.17) is 4.74 Å². The molecule has 2 rings (SSSR count). The predicted octanol–water partition coefficient (Wildman–Crippen LogP) is 1.61. The molecular formula is C16H23ClN4O2. The fourth-order valence-corrected chi connectivity index (χ4v) is 2.12. The number of benzene rings is 1. The van der Waals surface area contributed by atoms with Gasteiger partial charge in [-0.15, -0.1) is 12.4 Å². The van der Waals surface area contributed by atoms with E-state index in [1.54, 1.807) is 17.9 Å². The van der Waals surface area contributed by atoms with Gasteiger partial charge in [-0.1, -0.05) is 17.7 Å². The van der Waals surface area contributed by atoms with Crippen LogP contribution in [0.5, 0.6) is 5.75 Å². The average Bonchev–Trinajstić information content (AvgIpc) is 2.92. The highest BCUT2D eigenvalue weighted by molar-refractivity contribution is 5.85. The molecule has 126 valence electrons. The molecule has 1 aromatic carbocycles. The summed E-state index contributed by atoms with van der Waals surface area (Å²) < 4.78 is 7.26. The standard InChI is InChI=1S/C16H22N4O2.ClH/c1-12-4-6-14(7-5-12)22-9-8-18-16(21)15(17-2)13-10-19-20(3)11-13;/h4-7,10-11,15,17H,8-9H2,1-3H3,(H,18,21);1H. The number of hydrogen-bond acceptors (Lipinski definition) is 4. The second kappa shape index (κ2) is 9.17. The lowest BCUT2D eigenvalue weighted by atomic mass is 10.1. The lowest BCUT2D eigenvalue weighted by molar-refractivity contribution is -0.123. The van der Waals surface area contributed by atoms with Crippen LogP contribution in [-0.4, -0.2) is 35.9 Å². The molecule has 1 aromatic heterocycles. The van der Waals surface area contributed by atoms with Crippen LogP contribution in [-0.2, 0) is 11.8 Å². The molecule has 6 nitrogen and oxygen atoms in total. The normalized spacial score (nSPS) is 11.4. The summed E-state index contributed by atoms with van der Waals surface area (Å²) in [5.41, 5.74) is 2.02. The van der Waals surface area contributed by atoms with Crippen LogP contribution in [0.25, 0.3) is 0 Å². The Labute approximate surface area is 142 Å². The van der Waals surface area contributed by atoms with E-state index in [1.807, 2.05) is 44.4 Å². The maximum Gasteiger partial charge on any atom is 0.241 e. The fourth-order valence-electron chi connectivity index (χ4n) is 2.12. The maximum atomic E-state index is 12.2. The molecule has 0 saturated carbocycles. The van der Waals surface area contributed by atoms with Crippen LogP contribution in [0.4, 0.5) is 0 Å². The molecule has 1 heterocycles. The molecule has 0 spiro atoms. The summed E-state index contributed by atoms with van der Waals surface area (Å²) in [4.78, 5) is 12.2. The van der Waals surface area contributed by atoms with Gasteiger partial charge in [-0.05, 0) is 26.1 Å². The van der Waals surface area contributed by atoms with E-state index in [0.717, 1.165) is 11.3 Å². The summed E-state index contributed by atoms with van der Waals surface area (Å²) in [5.74, 6) is 0.709. The molecule has 7 heteroatoms. The summed E-state index contributed by atoms with van der Waals surface area (Å²) in [7, 11) is 3.57. The van der Waals surface area contributed by atoms with E-state index >= 15 is 0 Å². The lowest BCUT2D eigenvalue weighted by Crippen LogP contribution is -2.37. The van der Waals surface area contributed by atoms with Crippen molar-refractivity contribution < 1.29 is 9.53 Å². The van der Waals surface area contributed by atoms with Crippen molar-refractivity contribution in [2.45, 2.75) is 13.0 Å². The smallest absolute Gasteiger partial charge is 0.241 e. The number of carbonyl (C=O) groups excluding carboxylic acids is 1. The van der Waals surface area contributed by atoms with Gasteiger partial charge in [0.2, 0.25) is 5.91 Å². The van der Waals surface area contributed by atoms with Crippen molar-refractivity contribution in [1.29, 1.82) is 0 Å². The molecule has 0 aliphatic heterocycles. The third-order valence-electron chi connectivity index (χ3n) is 3.30. The van der Waals surface area contributed by atoms with Gasteiger partial charge >= 0.3 is 0 Å². The highest BCUT2D eigenvalue weighted by Gasteiger charge is 2.19. The number of nitrogens with one attached hydrogen (secondary N) is 2. The lowest BCUT2D eigenvalue weighted by Gasteiger charge is -2.14. The first kappa shape index (κ1) is 19.0. The monoisotopic (exact) mass is 338 g/mol. The molecule has 2 N–H and O–H groups in total. The maximum absolute atomic E-state index is 12.2. The minimum atomic E-state index is -0.409. The molecule has 0 aliphatic rings. The van der Waals surface area contributed by atoms with Gasteiger partial charge in [0.05, 0.1) is 12.7 Å². The number of amides is 1. The van der Waals surface area contributed by atoms with Crippen LogP contribution < -0.4 is 15.4 Å². The highest BCUT2D eigenvalue weighted by atomic mass is 35.5. The minimum Gasteiger partial charge on any atom is -0.492 e. The first-order chi connectivity index (χ1) is 10.6. The zero-order valence-corrected chi connectivity index (χ0v) is 14.4. The Morgan fingerprint density at radius 3 is 2.61 bits per heavy atom. The SMILES string of the molecule is CNC(C(=O)NCCOc1ccc(C)cc1)c1cnn(C)c1.Cl. The number of likely N-dealkylation sites (N-methyl/N-ethyl adjacent to an activating group) is 1. The van der Waals surface area contributed by atoms with Gasteiger partial charge < -0.3 is 15.4 Å². The van der Waals surface area contributed by atoms with Gasteiger partial charge in [-0.2, -0.15) is 5.10 Å². The Morgan fingerprint density at radius 2 is 2.04 bits per heavy atom. The molecule has 23 heavy (non-hydrogen) atoms. The number of hydrogen-bond donors (Lipinski definition) is 2. The summed E-state index contributed by atoms with van der Waals surface area (Å²) in [6.45, 7) is 2.91. The zero-order valence-electron chi connectivity index (χ0n) is 13.6. The number of rotatable bonds is 7. The van der Waals surface area contributed by atoms with Crippen molar-refractivity contribution in [2.24, 2.45) is 7.05 Å². The zero-order chi connectivity index (χ0) is 15.9. The quantitative estimate of drug-likeness (QED) is 0.753. The molecular weight excluding hydrogens is 316 g/mol. The van der Waals surface area contributed by atoms with E-state index < -0.39 is 6.04 Å². The van der Waals surface area contributed by atoms with Gasteiger partial charge in [0, 0.05) is 18.8 Å². The van der Waals surface area contributed by atoms with Crippen molar-refractivity contribution in [3.05, 3.63) is 47.8 Å². The van der Waals surface area contributed by atoms with Crippen LogP contribution in [0.3, 0.4) is 0 Å². The molecule has 0 bridgehead atoms. The molecule has 0 fully saturated rings. The molecule has 2 aromatic rings. The molecule has 0 radical (unpaired) electrons. The van der Waals surface area contributed by atoms with Crippen LogP contribution in [0.15, 0.2) is 36.7 Å². The van der Waals surface area contributed by atoms with E-state index in [-0.39, 0.29) is 18.3 Å². The molecule has 0 saturated heterocycles. The third kappa shape index (κ3) is 5.58. The van der Waals surface area contributed by atoms with Crippen LogP contribution >= 0.6 is 12.4 Å². The van der Waals surface area contributed by atoms with Gasteiger partial charge in [-0.25, -0.2) is 0 Å². The number of ether oxygens (including phenoxy) is 1. The van der Waals surface area contributed by atoms with Crippen molar-refractivity contribution in [1.82, 2.24) is 20.4 Å². The number of aromatic nitrogens is 2. The van der Waals surface area contributed by atoms with Crippen LogP contribution in [0.2, 0.25) is 0 Å². The Hall–Kier alpha value is -2.05. The van der Waals surface area contributed by atoms with Crippen molar-refractivity contribution in [2.75, 3.05) is 20.2 Å². The van der Waals surface area contributed by atoms with E-state index in [9.17, 15) is 4.79 Å². The largest absolute Gasteiger partial charge is 0.492 e. The minimum absolute atomic E-state index is 0. The summed E-state index contributed by atoms with van der Waals surface area (Å²) >= 11 is 0. The van der Waals surface area contributed by atoms with E-state index in [1.165, 1.54) is 5.56 Å². The molecule has 1 amide bonds. The number of aryl methyl sites for hydroxylation is 2. The Balaban J connectivity index is 0.00000264. The predicted molar refractivity (Wildman–Crippen MR) is 91.9 cm³/mol. The topological polar surface area (TPSA) is 68.2 Å². The van der Waals surface area contributed by atoms with Crippen molar-refractivity contribution >= 4 is 18.3 Å². The van der Waals surface area contributed by atoms with Gasteiger partial charge in [0.15, 0.2) is 0 Å². The second-order valence-corrected chi connectivity index (χ2v) is 5.12. The average molecular weight is 339 g/mol. The Bertz CT molecular complexity index is 613. The Morgan fingerprint density at radius 1 is 1.35 bits per heavy atom. The number of carbonyl (C=O) groups is 1. The molecule has 1 atom stereocenters. The number of nitrogens with zero attached hydrogens (tertiary/aromatic N) is 2. The summed E-state index contributed by atoms with van der Waals surface area (Å²) in [5, 5.41) is 9.93. The highest BCUT2D eigenvalue weighted by Crippen LogP contribution is 2.12. The van der Waals surface area contributed by atoms with Gasteiger partial charge in [0.1, 0.15) is 18.4 Å². The molecule has 1 unspecified atom stereocenters. The van der Waals surface area contributed by atoms with Gasteiger partial charge in [-0.3, -0.25) is 9.48 Å². The third-order valence-corrected chi connectivity index (χ3v) is 3.30. The first-order valence-corrected chi connectivity index (χ1v) is 7.23. The van der Waals surface area contributed by atoms with Crippen LogP contribution in [0, 0.1) is 6.92 Å². The first-order valence-electron chi connectivity index (χ1n) is 7.23. The summed E-state index contributed by atoms with van der Waals surface area (Å²) in [6, 6.07) is 7.42. The van der Waals surface area contributed by atoms with E-state index in [0.29, 0.717) is 13.2 Å². The van der Waals surface area contributed by atoms with E-state index in [2.05, 4.69) is 15.7 Å². The summed E-state index contributed by atoms with van der Waals surface area (Å²) in [6.07, 6.45) is 3.51.